The molecule has 2 aromatic rings. The van der Waals surface area contributed by atoms with E-state index < -0.39 is 0 Å². The number of rotatable bonds is 3. The van der Waals surface area contributed by atoms with Gasteiger partial charge in [-0.15, -0.1) is 0 Å². The van der Waals surface area contributed by atoms with Crippen LogP contribution in [0.3, 0.4) is 0 Å². The lowest BCUT2D eigenvalue weighted by Crippen LogP contribution is -2.34. The number of aromatic nitrogens is 4. The van der Waals surface area contributed by atoms with Crippen molar-refractivity contribution in [2.45, 2.75) is 66.6 Å². The lowest BCUT2D eigenvalue weighted by atomic mass is 10.1. The van der Waals surface area contributed by atoms with Gasteiger partial charge in [-0.3, -0.25) is 0 Å². The first-order valence-corrected chi connectivity index (χ1v) is 9.03. The van der Waals surface area contributed by atoms with E-state index in [-0.39, 0.29) is 0 Å². The van der Waals surface area contributed by atoms with Crippen LogP contribution >= 0.6 is 0 Å². The summed E-state index contributed by atoms with van der Waals surface area (Å²) in [4.78, 5) is 0. The van der Waals surface area contributed by atoms with E-state index in [4.69, 9.17) is 0 Å². The lowest BCUT2D eigenvalue weighted by Gasteiger charge is -2.10. The average molecular weight is 332 g/mol. The number of nitrogens with zero attached hydrogens (tertiary/aromatic N) is 4. The zero-order valence-corrected chi connectivity index (χ0v) is 16.6. The predicted octanol–water partition coefficient (Wildman–Crippen LogP) is 1.39. The molecule has 1 N–H and O–H groups in total. The Morgan fingerprint density at radius 3 is 2.00 bits per heavy atom. The van der Waals surface area contributed by atoms with Gasteiger partial charge < -0.3 is 5.32 Å². The van der Waals surface area contributed by atoms with E-state index in [2.05, 4.69) is 79.2 Å². The normalized spacial score (nSPS) is 21.0. The zero-order valence-electron chi connectivity index (χ0n) is 16.6. The summed E-state index contributed by atoms with van der Waals surface area (Å²) >= 11 is 0. The smallest absolute Gasteiger partial charge is 0.253 e. The molecule has 2 atom stereocenters. The maximum Gasteiger partial charge on any atom is 0.253 e. The maximum absolute atomic E-state index is 3.76. The van der Waals surface area contributed by atoms with E-state index in [1.54, 1.807) is 0 Å². The van der Waals surface area contributed by atoms with Crippen molar-refractivity contribution in [3.05, 3.63) is 34.4 Å². The van der Waals surface area contributed by atoms with Gasteiger partial charge in [0.2, 0.25) is 0 Å². The Kier molecular flexibility index (Phi) is 4.32. The molecule has 5 heteroatoms. The Morgan fingerprint density at radius 2 is 1.50 bits per heavy atom. The molecule has 132 valence electrons. The molecule has 0 unspecified atom stereocenters. The van der Waals surface area contributed by atoms with Gasteiger partial charge in [0.05, 0.1) is 14.1 Å². The van der Waals surface area contributed by atoms with Crippen molar-refractivity contribution in [1.29, 1.82) is 0 Å². The van der Waals surface area contributed by atoms with Crippen LogP contribution in [-0.4, -0.2) is 21.7 Å². The molecule has 1 aliphatic rings. The minimum Gasteiger partial charge on any atom is -0.306 e. The van der Waals surface area contributed by atoms with Crippen LogP contribution in [0.15, 0.2) is 0 Å². The summed E-state index contributed by atoms with van der Waals surface area (Å²) in [6.07, 6.45) is 1.19. The molecule has 0 saturated carbocycles. The summed E-state index contributed by atoms with van der Waals surface area (Å²) in [7, 11) is 4.33. The fourth-order valence-corrected chi connectivity index (χ4v) is 4.33. The third-order valence-electron chi connectivity index (χ3n) is 6.50. The minimum absolute atomic E-state index is 0.533. The molecule has 0 amide bonds. The Labute approximate surface area is 145 Å². The van der Waals surface area contributed by atoms with Crippen molar-refractivity contribution >= 4 is 0 Å². The van der Waals surface area contributed by atoms with Crippen LogP contribution in [-0.2, 0) is 20.6 Å². The van der Waals surface area contributed by atoms with Crippen molar-refractivity contribution < 1.29 is 9.13 Å². The highest BCUT2D eigenvalue weighted by Gasteiger charge is 2.35. The van der Waals surface area contributed by atoms with Gasteiger partial charge in [-0.05, 0) is 0 Å². The van der Waals surface area contributed by atoms with Crippen molar-refractivity contribution in [1.82, 2.24) is 14.5 Å². The van der Waals surface area contributed by atoms with Gasteiger partial charge in [0, 0.05) is 60.5 Å². The average Bonchev–Trinajstić information content (AvgIpc) is 3.14. The van der Waals surface area contributed by atoms with E-state index in [1.807, 2.05) is 0 Å². The summed E-state index contributed by atoms with van der Waals surface area (Å²) in [5.74, 6) is 2.69. The summed E-state index contributed by atoms with van der Waals surface area (Å²) < 4.78 is 9.61. The summed E-state index contributed by atoms with van der Waals surface area (Å²) in [5.41, 5.74) is 5.52. The second-order valence-corrected chi connectivity index (χ2v) is 7.53. The monoisotopic (exact) mass is 331 g/mol. The van der Waals surface area contributed by atoms with Crippen LogP contribution in [0, 0.1) is 41.5 Å². The van der Waals surface area contributed by atoms with Crippen LogP contribution in [0.25, 0.3) is 0 Å². The molecule has 2 aromatic heterocycles. The Balaban J connectivity index is 1.80. The second kappa shape index (κ2) is 6.03. The maximum atomic E-state index is 3.76. The van der Waals surface area contributed by atoms with Gasteiger partial charge in [-0.25, -0.2) is 18.3 Å². The molecule has 24 heavy (non-hydrogen) atoms. The first kappa shape index (κ1) is 17.2. The molecule has 3 rings (SSSR count). The van der Waals surface area contributed by atoms with Crippen molar-refractivity contribution in [3.63, 3.8) is 0 Å². The minimum atomic E-state index is 0.533. The standard InChI is InChI=1S/C19H33N5/c1-12-14(3)23(16(5)21(12)7)11-18-9-19(10-20-18)24-15(4)13(2)22(8)17(24)6/h18-20H,9-11H2,1-8H3/q+2/t18-,19+/m0/s1. The number of hydrogen-bond donors (Lipinski definition) is 1. The number of nitrogens with one attached hydrogen (secondary N) is 1. The van der Waals surface area contributed by atoms with E-state index in [1.165, 1.54) is 40.8 Å². The highest BCUT2D eigenvalue weighted by Crippen LogP contribution is 2.25. The van der Waals surface area contributed by atoms with Crippen molar-refractivity contribution in [2.75, 3.05) is 6.54 Å². The van der Waals surface area contributed by atoms with Crippen LogP contribution < -0.4 is 14.5 Å². The van der Waals surface area contributed by atoms with Crippen molar-refractivity contribution in [2.24, 2.45) is 14.1 Å². The molecule has 0 radical (unpaired) electrons. The summed E-state index contributed by atoms with van der Waals surface area (Å²) in [6, 6.07) is 1.09. The van der Waals surface area contributed by atoms with E-state index in [0.29, 0.717) is 12.1 Å². The largest absolute Gasteiger partial charge is 0.306 e. The molecule has 3 heterocycles. The molecule has 1 fully saturated rings. The topological polar surface area (TPSA) is 29.6 Å². The molecule has 5 nitrogen and oxygen atoms in total. The van der Waals surface area contributed by atoms with Crippen LogP contribution in [0.2, 0.25) is 0 Å². The van der Waals surface area contributed by atoms with Crippen LogP contribution in [0.4, 0.5) is 0 Å². The quantitative estimate of drug-likeness (QED) is 0.847. The van der Waals surface area contributed by atoms with Gasteiger partial charge in [0.1, 0.15) is 35.4 Å². The number of imidazole rings is 2. The Hall–Kier alpha value is -1.62. The SMILES string of the molecule is Cc1c(C)[n+](C)c(C)n1C[C@@H]1C[C@@H](n2c(C)c(C)[n+](C)c2C)CN1. The molecule has 0 spiro atoms. The first-order chi connectivity index (χ1) is 11.2. The van der Waals surface area contributed by atoms with Crippen LogP contribution in [0.1, 0.15) is 46.9 Å². The van der Waals surface area contributed by atoms with Gasteiger partial charge in [-0.2, -0.15) is 0 Å². The molecule has 1 aliphatic heterocycles. The molecular weight excluding hydrogens is 298 g/mol. The number of hydrogen-bond acceptors (Lipinski definition) is 1. The fraction of sp³-hybridized carbons (Fsp3) is 0.684. The first-order valence-electron chi connectivity index (χ1n) is 9.03. The van der Waals surface area contributed by atoms with Crippen molar-refractivity contribution in [3.8, 4) is 0 Å². The highest BCUT2D eigenvalue weighted by atomic mass is 15.2. The van der Waals surface area contributed by atoms with Gasteiger partial charge in [0.15, 0.2) is 0 Å². The second-order valence-electron chi connectivity index (χ2n) is 7.53. The Bertz CT molecular complexity index is 730. The fourth-order valence-electron chi connectivity index (χ4n) is 4.33. The molecule has 1 saturated heterocycles. The van der Waals surface area contributed by atoms with E-state index in [9.17, 15) is 0 Å². The molecular formula is C19H33N5+2. The predicted molar refractivity (Wildman–Crippen MR) is 95.1 cm³/mol. The van der Waals surface area contributed by atoms with E-state index >= 15 is 0 Å². The van der Waals surface area contributed by atoms with Gasteiger partial charge in [0.25, 0.3) is 11.6 Å². The third kappa shape index (κ3) is 2.50. The van der Waals surface area contributed by atoms with Gasteiger partial charge >= 0.3 is 0 Å². The summed E-state index contributed by atoms with van der Waals surface area (Å²) in [6.45, 7) is 15.5. The molecule has 0 aromatic carbocycles. The lowest BCUT2D eigenvalue weighted by molar-refractivity contribution is -0.683. The Morgan fingerprint density at radius 1 is 0.917 bits per heavy atom. The zero-order chi connectivity index (χ0) is 17.8. The molecule has 0 aliphatic carbocycles. The van der Waals surface area contributed by atoms with Gasteiger partial charge in [-0.1, -0.05) is 0 Å². The summed E-state index contributed by atoms with van der Waals surface area (Å²) in [5, 5.41) is 3.76. The highest BCUT2D eigenvalue weighted by molar-refractivity contribution is 5.11. The van der Waals surface area contributed by atoms with Crippen LogP contribution in [0.5, 0.6) is 0 Å². The third-order valence-corrected chi connectivity index (χ3v) is 6.50. The molecule has 0 bridgehead atoms. The van der Waals surface area contributed by atoms with E-state index in [0.717, 1.165) is 13.1 Å².